The largest absolute Gasteiger partial charge is 0.506 e. The van der Waals surface area contributed by atoms with Gasteiger partial charge in [0.05, 0.1) is 15.5 Å². The monoisotopic (exact) mass is 353 g/mol. The fourth-order valence-electron chi connectivity index (χ4n) is 3.32. The Labute approximate surface area is 139 Å². The average molecular weight is 354 g/mol. The zero-order valence-corrected chi connectivity index (χ0v) is 14.0. The van der Waals surface area contributed by atoms with Crippen molar-refractivity contribution in [3.63, 3.8) is 0 Å². The SMILES string of the molecule is CS(=O)(=O)c1ccc(/C(O)=C2/C(=N)C3CCC(C3)C2=O)c(Cl)c1. The molecule has 0 saturated heterocycles. The minimum atomic E-state index is -3.41. The summed E-state index contributed by atoms with van der Waals surface area (Å²) in [6, 6.07) is 3.95. The van der Waals surface area contributed by atoms with Gasteiger partial charge >= 0.3 is 0 Å². The molecule has 0 amide bonds. The first-order valence-corrected chi connectivity index (χ1v) is 9.53. The molecule has 1 aromatic carbocycles. The fraction of sp³-hybridized carbons (Fsp3) is 0.375. The van der Waals surface area contributed by atoms with Crippen molar-refractivity contribution in [3.8, 4) is 0 Å². The third-order valence-corrected chi connectivity index (χ3v) is 6.01. The molecule has 0 heterocycles. The van der Waals surface area contributed by atoms with Crippen LogP contribution in [0.2, 0.25) is 5.02 Å². The Bertz CT molecular complexity index is 833. The Morgan fingerprint density at radius 2 is 1.96 bits per heavy atom. The zero-order valence-electron chi connectivity index (χ0n) is 12.5. The van der Waals surface area contributed by atoms with Gasteiger partial charge in [-0.1, -0.05) is 11.6 Å². The Kier molecular flexibility index (Phi) is 3.84. The van der Waals surface area contributed by atoms with Crippen LogP contribution in [0, 0.1) is 17.2 Å². The maximum atomic E-state index is 12.4. The molecule has 2 N–H and O–H groups in total. The third kappa shape index (κ3) is 2.70. The smallest absolute Gasteiger partial charge is 0.175 e. The number of aliphatic hydroxyl groups is 1. The van der Waals surface area contributed by atoms with E-state index < -0.39 is 9.84 Å². The Morgan fingerprint density at radius 1 is 1.30 bits per heavy atom. The quantitative estimate of drug-likeness (QED) is 0.631. The minimum absolute atomic E-state index is 0.00363. The summed E-state index contributed by atoms with van der Waals surface area (Å²) in [7, 11) is -3.41. The van der Waals surface area contributed by atoms with Crippen molar-refractivity contribution in [2.75, 3.05) is 6.26 Å². The van der Waals surface area contributed by atoms with Crippen LogP contribution in [0.15, 0.2) is 28.7 Å². The lowest BCUT2D eigenvalue weighted by atomic mass is 9.81. The summed E-state index contributed by atoms with van der Waals surface area (Å²) < 4.78 is 23.1. The van der Waals surface area contributed by atoms with Crippen LogP contribution in [0.4, 0.5) is 0 Å². The van der Waals surface area contributed by atoms with Gasteiger partial charge in [0.2, 0.25) is 0 Å². The number of ketones is 1. The summed E-state index contributed by atoms with van der Waals surface area (Å²) in [5.41, 5.74) is 0.357. The van der Waals surface area contributed by atoms with Crippen LogP contribution in [0.5, 0.6) is 0 Å². The molecule has 2 atom stereocenters. The molecule has 23 heavy (non-hydrogen) atoms. The van der Waals surface area contributed by atoms with E-state index in [-0.39, 0.29) is 50.1 Å². The number of carbonyl (C=O) groups is 1. The molecule has 0 aromatic heterocycles. The van der Waals surface area contributed by atoms with Crippen molar-refractivity contribution in [2.45, 2.75) is 24.2 Å². The number of sulfone groups is 1. The number of Topliss-reactive ketones (excluding diaryl/α,β-unsaturated/α-hetero) is 1. The number of benzene rings is 1. The van der Waals surface area contributed by atoms with Crippen molar-refractivity contribution in [3.05, 3.63) is 34.4 Å². The number of carbonyl (C=O) groups excluding carboxylic acids is 1. The molecule has 2 fully saturated rings. The molecule has 0 aliphatic heterocycles. The summed E-state index contributed by atoms with van der Waals surface area (Å²) >= 11 is 6.09. The normalized spacial score (nSPS) is 26.5. The van der Waals surface area contributed by atoms with E-state index in [9.17, 15) is 18.3 Å². The van der Waals surface area contributed by atoms with Crippen LogP contribution in [-0.2, 0) is 14.6 Å². The Morgan fingerprint density at radius 3 is 2.57 bits per heavy atom. The Hall–Kier alpha value is -1.66. The van der Waals surface area contributed by atoms with Crippen LogP contribution in [0.25, 0.3) is 5.76 Å². The maximum absolute atomic E-state index is 12.4. The zero-order chi connectivity index (χ0) is 16.9. The van der Waals surface area contributed by atoms with Gasteiger partial charge in [0, 0.05) is 29.4 Å². The standard InChI is InChI=1S/C16H16ClNO4S/c1-23(21,22)10-4-5-11(12(17)7-10)16(20)13-14(18)8-2-3-9(6-8)15(13)19/h4-5,7-9,18,20H,2-3,6H2,1H3/b16-13+,18-14?. The van der Waals surface area contributed by atoms with Crippen molar-refractivity contribution in [2.24, 2.45) is 11.8 Å². The van der Waals surface area contributed by atoms with Crippen molar-refractivity contribution >= 4 is 38.7 Å². The van der Waals surface area contributed by atoms with Gasteiger partial charge < -0.3 is 10.5 Å². The molecule has 122 valence electrons. The molecule has 2 aliphatic rings. The lowest BCUT2D eigenvalue weighted by Crippen LogP contribution is -2.29. The molecule has 0 radical (unpaired) electrons. The van der Waals surface area contributed by atoms with Gasteiger partial charge in [0.1, 0.15) is 5.76 Å². The number of nitrogens with one attached hydrogen (secondary N) is 1. The van der Waals surface area contributed by atoms with Gasteiger partial charge in [-0.05, 0) is 37.5 Å². The lowest BCUT2D eigenvalue weighted by Gasteiger charge is -2.23. The summed E-state index contributed by atoms with van der Waals surface area (Å²) in [4.78, 5) is 12.5. The summed E-state index contributed by atoms with van der Waals surface area (Å²) in [5.74, 6) is -0.685. The molecule has 2 bridgehead atoms. The second kappa shape index (κ2) is 5.46. The highest BCUT2D eigenvalue weighted by atomic mass is 35.5. The molecule has 2 unspecified atom stereocenters. The average Bonchev–Trinajstić information content (AvgIpc) is 2.91. The number of allylic oxidation sites excluding steroid dienone is 1. The van der Waals surface area contributed by atoms with E-state index in [1.807, 2.05) is 0 Å². The van der Waals surface area contributed by atoms with Crippen molar-refractivity contribution < 1.29 is 18.3 Å². The number of halogens is 1. The van der Waals surface area contributed by atoms with Gasteiger partial charge in [0.15, 0.2) is 15.6 Å². The summed E-state index contributed by atoms with van der Waals surface area (Å²) in [6.45, 7) is 0. The second-order valence-corrected chi connectivity index (χ2v) is 8.55. The summed E-state index contributed by atoms with van der Waals surface area (Å²) in [6.07, 6.45) is 3.26. The van der Waals surface area contributed by atoms with Gasteiger partial charge in [0.25, 0.3) is 0 Å². The van der Waals surface area contributed by atoms with Crippen LogP contribution in [-0.4, -0.2) is 31.3 Å². The van der Waals surface area contributed by atoms with Crippen LogP contribution in [0.3, 0.4) is 0 Å². The highest BCUT2D eigenvalue weighted by Gasteiger charge is 2.43. The lowest BCUT2D eigenvalue weighted by molar-refractivity contribution is -0.118. The predicted molar refractivity (Wildman–Crippen MR) is 87.7 cm³/mol. The van der Waals surface area contributed by atoms with E-state index in [1.165, 1.54) is 18.2 Å². The van der Waals surface area contributed by atoms with E-state index in [0.717, 1.165) is 19.1 Å². The van der Waals surface area contributed by atoms with E-state index in [1.54, 1.807) is 0 Å². The van der Waals surface area contributed by atoms with Gasteiger partial charge in [-0.15, -0.1) is 0 Å². The molecule has 2 saturated carbocycles. The highest BCUT2D eigenvalue weighted by molar-refractivity contribution is 7.90. The Balaban J connectivity index is 2.11. The number of aliphatic hydroxyl groups excluding tert-OH is 1. The highest BCUT2D eigenvalue weighted by Crippen LogP contribution is 2.42. The topological polar surface area (TPSA) is 95.3 Å². The van der Waals surface area contributed by atoms with Crippen LogP contribution < -0.4 is 0 Å². The molecular weight excluding hydrogens is 338 g/mol. The predicted octanol–water partition coefficient (Wildman–Crippen LogP) is 3.03. The number of hydrogen-bond donors (Lipinski definition) is 2. The van der Waals surface area contributed by atoms with Crippen molar-refractivity contribution in [1.82, 2.24) is 0 Å². The molecular formula is C16H16ClNO4S. The van der Waals surface area contributed by atoms with E-state index in [2.05, 4.69) is 0 Å². The second-order valence-electron chi connectivity index (χ2n) is 6.12. The van der Waals surface area contributed by atoms with Crippen LogP contribution >= 0.6 is 11.6 Å². The van der Waals surface area contributed by atoms with E-state index >= 15 is 0 Å². The number of rotatable bonds is 2. The van der Waals surface area contributed by atoms with Gasteiger partial charge in [-0.3, -0.25) is 4.79 Å². The van der Waals surface area contributed by atoms with E-state index in [0.29, 0.717) is 6.42 Å². The van der Waals surface area contributed by atoms with Crippen molar-refractivity contribution in [1.29, 1.82) is 5.41 Å². The summed E-state index contributed by atoms with van der Waals surface area (Å²) in [5, 5.41) is 18.7. The number of hydrogen-bond acceptors (Lipinski definition) is 5. The first-order valence-electron chi connectivity index (χ1n) is 7.26. The first-order chi connectivity index (χ1) is 10.7. The minimum Gasteiger partial charge on any atom is -0.506 e. The molecule has 0 spiro atoms. The first kappa shape index (κ1) is 16.2. The number of fused-ring (bicyclic) bond motifs is 2. The molecule has 1 aromatic rings. The van der Waals surface area contributed by atoms with Crippen LogP contribution in [0.1, 0.15) is 24.8 Å². The molecule has 5 nitrogen and oxygen atoms in total. The van der Waals surface area contributed by atoms with Gasteiger partial charge in [-0.25, -0.2) is 8.42 Å². The maximum Gasteiger partial charge on any atom is 0.175 e. The van der Waals surface area contributed by atoms with Gasteiger partial charge in [-0.2, -0.15) is 0 Å². The van der Waals surface area contributed by atoms with E-state index in [4.69, 9.17) is 17.0 Å². The molecule has 7 heteroatoms. The molecule has 2 aliphatic carbocycles. The fourth-order valence-corrected chi connectivity index (χ4v) is 4.30. The third-order valence-electron chi connectivity index (χ3n) is 4.59. The molecule has 3 rings (SSSR count).